The Labute approximate surface area is 261 Å². The standard InChI is InChI=1S/C36H46O6P2/c1-15-17(3)33-28(14)32(30-21(7)25(11)36(44(40,41)42)26(12)22(30)8)16(2)18(4)34(33)27(13)31(15)29-19(5)23(9)35(43(37,38)39)24(10)20(29)6/h1-14H3,(H2,37,38,39)(H2,40,41,42). The van der Waals surface area contributed by atoms with Gasteiger partial charge in [0, 0.05) is 0 Å². The maximum atomic E-state index is 12.5. The summed E-state index contributed by atoms with van der Waals surface area (Å²) in [6.07, 6.45) is 0. The highest BCUT2D eigenvalue weighted by atomic mass is 31.2. The van der Waals surface area contributed by atoms with Gasteiger partial charge in [-0.05, 0) is 208 Å². The topological polar surface area (TPSA) is 115 Å². The Morgan fingerprint density at radius 1 is 0.295 bits per heavy atom. The van der Waals surface area contributed by atoms with Gasteiger partial charge in [0.25, 0.3) is 0 Å². The van der Waals surface area contributed by atoms with Crippen LogP contribution in [0.5, 0.6) is 0 Å². The Morgan fingerprint density at radius 2 is 0.477 bits per heavy atom. The molecule has 0 unspecified atom stereocenters. The summed E-state index contributed by atoms with van der Waals surface area (Å²) in [6, 6.07) is 0. The first-order valence-electron chi connectivity index (χ1n) is 14.9. The Balaban J connectivity index is 2.22. The number of benzene rings is 4. The normalized spacial score (nSPS) is 12.5. The Bertz CT molecular complexity index is 1830. The molecular formula is C36H46O6P2. The second-order valence-corrected chi connectivity index (χ2v) is 15.9. The van der Waals surface area contributed by atoms with Crippen LogP contribution in [0.3, 0.4) is 0 Å². The summed E-state index contributed by atoms with van der Waals surface area (Å²) in [5.74, 6) is 0. The Kier molecular flexibility index (Phi) is 8.62. The highest BCUT2D eigenvalue weighted by molar-refractivity contribution is 7.60. The van der Waals surface area contributed by atoms with Crippen LogP contribution in [0.25, 0.3) is 33.0 Å². The SMILES string of the molecule is Cc1c(C)c(P(=O)(O)O)c(C)c(C)c1-c1c(C)c(C)c2c(C)c(-c3c(C)c(C)c(P(=O)(O)O)c(C)c3C)c(C)c(C)c2c1C. The van der Waals surface area contributed by atoms with Gasteiger partial charge < -0.3 is 19.6 Å². The van der Waals surface area contributed by atoms with Crippen molar-refractivity contribution in [1.29, 1.82) is 0 Å². The molecule has 0 bridgehead atoms. The van der Waals surface area contributed by atoms with Gasteiger partial charge in [-0.3, -0.25) is 9.13 Å². The van der Waals surface area contributed by atoms with E-state index >= 15 is 0 Å². The van der Waals surface area contributed by atoms with Crippen LogP contribution in [0.15, 0.2) is 0 Å². The van der Waals surface area contributed by atoms with Crippen molar-refractivity contribution < 1.29 is 28.7 Å². The van der Waals surface area contributed by atoms with Gasteiger partial charge in [0.1, 0.15) is 0 Å². The molecule has 4 aromatic carbocycles. The zero-order chi connectivity index (χ0) is 33.7. The van der Waals surface area contributed by atoms with E-state index in [1.54, 1.807) is 27.7 Å². The molecule has 0 radical (unpaired) electrons. The zero-order valence-electron chi connectivity index (χ0n) is 28.5. The fourth-order valence-corrected chi connectivity index (χ4v) is 10.3. The number of hydrogen-bond donors (Lipinski definition) is 4. The molecule has 0 aliphatic heterocycles. The van der Waals surface area contributed by atoms with Crippen LogP contribution in [0.2, 0.25) is 0 Å². The van der Waals surface area contributed by atoms with Gasteiger partial charge in [0.05, 0.1) is 10.6 Å². The molecule has 4 rings (SSSR count). The minimum Gasteiger partial charge on any atom is -0.321 e. The van der Waals surface area contributed by atoms with E-state index in [-0.39, 0.29) is 10.6 Å². The predicted molar refractivity (Wildman–Crippen MR) is 184 cm³/mol. The maximum Gasteiger partial charge on any atom is 0.356 e. The van der Waals surface area contributed by atoms with Crippen molar-refractivity contribution in [2.45, 2.75) is 96.9 Å². The zero-order valence-corrected chi connectivity index (χ0v) is 30.3. The van der Waals surface area contributed by atoms with E-state index in [1.807, 2.05) is 27.7 Å². The molecule has 6 nitrogen and oxygen atoms in total. The van der Waals surface area contributed by atoms with Crippen LogP contribution in [0, 0.1) is 96.9 Å². The summed E-state index contributed by atoms with van der Waals surface area (Å²) in [5.41, 5.74) is 17.1. The lowest BCUT2D eigenvalue weighted by Crippen LogP contribution is -2.18. The van der Waals surface area contributed by atoms with Gasteiger partial charge in [-0.2, -0.15) is 0 Å². The lowest BCUT2D eigenvalue weighted by Gasteiger charge is -2.29. The van der Waals surface area contributed by atoms with Gasteiger partial charge in [-0.25, -0.2) is 0 Å². The van der Waals surface area contributed by atoms with Crippen LogP contribution in [-0.4, -0.2) is 19.6 Å². The van der Waals surface area contributed by atoms with Crippen LogP contribution >= 0.6 is 15.2 Å². The molecule has 4 N–H and O–H groups in total. The fourth-order valence-electron chi connectivity index (χ4n) is 7.83. The second-order valence-electron chi connectivity index (χ2n) is 12.8. The van der Waals surface area contributed by atoms with Gasteiger partial charge in [-0.15, -0.1) is 0 Å². The molecule has 0 saturated heterocycles. The van der Waals surface area contributed by atoms with Crippen molar-refractivity contribution in [3.8, 4) is 22.3 Å². The second kappa shape index (κ2) is 11.1. The Hall–Kier alpha value is -2.56. The van der Waals surface area contributed by atoms with Crippen LogP contribution < -0.4 is 10.6 Å². The van der Waals surface area contributed by atoms with Crippen molar-refractivity contribution >= 4 is 36.6 Å². The van der Waals surface area contributed by atoms with Crippen molar-refractivity contribution in [1.82, 2.24) is 0 Å². The molecule has 0 atom stereocenters. The summed E-state index contributed by atoms with van der Waals surface area (Å²) < 4.78 is 24.9. The quantitative estimate of drug-likeness (QED) is 0.168. The molecule has 8 heteroatoms. The number of aryl methyl sites for hydroxylation is 4. The summed E-state index contributed by atoms with van der Waals surface area (Å²) >= 11 is 0. The number of fused-ring (bicyclic) bond motifs is 1. The summed E-state index contributed by atoms with van der Waals surface area (Å²) in [4.78, 5) is 40.7. The average Bonchev–Trinajstić information content (AvgIpc) is 2.89. The first-order valence-corrected chi connectivity index (χ1v) is 18.1. The molecule has 0 heterocycles. The van der Waals surface area contributed by atoms with E-state index in [4.69, 9.17) is 0 Å². The molecule has 0 spiro atoms. The predicted octanol–water partition coefficient (Wildman–Crippen LogP) is 8.10. The van der Waals surface area contributed by atoms with Gasteiger partial charge >= 0.3 is 15.2 Å². The molecule has 236 valence electrons. The third kappa shape index (κ3) is 4.87. The van der Waals surface area contributed by atoms with Crippen molar-refractivity contribution in [3.63, 3.8) is 0 Å². The smallest absolute Gasteiger partial charge is 0.321 e. The molecule has 44 heavy (non-hydrogen) atoms. The molecule has 0 aromatic heterocycles. The molecule has 4 aromatic rings. The van der Waals surface area contributed by atoms with Crippen LogP contribution in [0.1, 0.15) is 77.9 Å². The fraction of sp³-hybridized carbons (Fsp3) is 0.389. The molecule has 0 fully saturated rings. The van der Waals surface area contributed by atoms with Crippen molar-refractivity contribution in [2.75, 3.05) is 0 Å². The van der Waals surface area contributed by atoms with E-state index in [0.29, 0.717) is 22.3 Å². The maximum absolute atomic E-state index is 12.5. The molecule has 0 amide bonds. The molecule has 0 aliphatic rings. The lowest BCUT2D eigenvalue weighted by atomic mass is 9.76. The number of rotatable bonds is 4. The third-order valence-electron chi connectivity index (χ3n) is 10.6. The highest BCUT2D eigenvalue weighted by Gasteiger charge is 2.31. The van der Waals surface area contributed by atoms with Crippen LogP contribution in [-0.2, 0) is 9.13 Å². The first-order chi connectivity index (χ1) is 20.0. The van der Waals surface area contributed by atoms with E-state index in [9.17, 15) is 28.7 Å². The molecule has 0 aliphatic carbocycles. The lowest BCUT2D eigenvalue weighted by molar-refractivity contribution is 0.385. The minimum atomic E-state index is -4.46. The summed E-state index contributed by atoms with van der Waals surface area (Å²) in [7, 11) is -8.92. The third-order valence-corrected chi connectivity index (χ3v) is 13.1. The van der Waals surface area contributed by atoms with E-state index in [2.05, 4.69) is 41.5 Å². The summed E-state index contributed by atoms with van der Waals surface area (Å²) in [5, 5.41) is 2.59. The largest absolute Gasteiger partial charge is 0.356 e. The number of hydrogen-bond acceptors (Lipinski definition) is 2. The van der Waals surface area contributed by atoms with Crippen LogP contribution in [0.4, 0.5) is 0 Å². The molecular weight excluding hydrogens is 590 g/mol. The van der Waals surface area contributed by atoms with E-state index in [1.165, 1.54) is 10.8 Å². The van der Waals surface area contributed by atoms with Crippen molar-refractivity contribution in [2.24, 2.45) is 0 Å². The minimum absolute atomic E-state index is 0.123. The molecule has 0 saturated carbocycles. The van der Waals surface area contributed by atoms with Gasteiger partial charge in [0.2, 0.25) is 0 Å². The summed E-state index contributed by atoms with van der Waals surface area (Å²) in [6.45, 7) is 27.9. The van der Waals surface area contributed by atoms with Crippen molar-refractivity contribution in [3.05, 3.63) is 77.9 Å². The first kappa shape index (κ1) is 34.3. The monoisotopic (exact) mass is 636 g/mol. The van der Waals surface area contributed by atoms with E-state index in [0.717, 1.165) is 77.9 Å². The van der Waals surface area contributed by atoms with Gasteiger partial charge in [-0.1, -0.05) is 0 Å². The average molecular weight is 637 g/mol. The Morgan fingerprint density at radius 3 is 0.682 bits per heavy atom. The van der Waals surface area contributed by atoms with E-state index < -0.39 is 15.2 Å². The van der Waals surface area contributed by atoms with Gasteiger partial charge in [0.15, 0.2) is 0 Å². The highest BCUT2D eigenvalue weighted by Crippen LogP contribution is 2.49.